The maximum absolute atomic E-state index is 13.6. The number of furan rings is 2. The summed E-state index contributed by atoms with van der Waals surface area (Å²) in [4.78, 5) is 40.9. The number of rotatable bonds is 11. The number of hydrogen-bond acceptors (Lipinski definition) is 6. The van der Waals surface area contributed by atoms with Crippen LogP contribution in [0.25, 0.3) is 0 Å². The number of hydrogen-bond donors (Lipinski definition) is 2. The molecule has 0 radical (unpaired) electrons. The van der Waals surface area contributed by atoms with Gasteiger partial charge in [0.15, 0.2) is 5.76 Å². The first kappa shape index (κ1) is 25.1. The van der Waals surface area contributed by atoms with Crippen LogP contribution in [0.3, 0.4) is 0 Å². The molecule has 1 aliphatic carbocycles. The highest BCUT2D eigenvalue weighted by molar-refractivity contribution is 5.95. The van der Waals surface area contributed by atoms with Crippen LogP contribution in [-0.4, -0.2) is 41.8 Å². The Morgan fingerprint density at radius 1 is 1.03 bits per heavy atom. The Hall–Kier alpha value is -4.01. The van der Waals surface area contributed by atoms with Crippen molar-refractivity contribution in [3.05, 3.63) is 78.1 Å². The largest absolute Gasteiger partial charge is 0.494 e. The van der Waals surface area contributed by atoms with Gasteiger partial charge in [-0.2, -0.15) is 0 Å². The Kier molecular flexibility index (Phi) is 8.44. The summed E-state index contributed by atoms with van der Waals surface area (Å²) in [5.41, 5.74) is 0.631. The fourth-order valence-corrected chi connectivity index (χ4v) is 4.38. The third kappa shape index (κ3) is 6.35. The van der Waals surface area contributed by atoms with E-state index < -0.39 is 17.9 Å². The molecule has 0 saturated heterocycles. The van der Waals surface area contributed by atoms with Crippen molar-refractivity contribution >= 4 is 17.7 Å². The molecule has 9 heteroatoms. The second-order valence-corrected chi connectivity index (χ2v) is 8.66. The van der Waals surface area contributed by atoms with E-state index in [1.165, 1.54) is 23.5 Å². The van der Waals surface area contributed by atoms with Crippen molar-refractivity contribution in [1.29, 1.82) is 0 Å². The molecule has 1 saturated carbocycles. The van der Waals surface area contributed by atoms with Crippen molar-refractivity contribution < 1.29 is 28.0 Å². The fourth-order valence-electron chi connectivity index (χ4n) is 4.38. The first-order valence-electron chi connectivity index (χ1n) is 12.2. The van der Waals surface area contributed by atoms with E-state index in [2.05, 4.69) is 10.6 Å². The number of carbonyl (C=O) groups excluding carboxylic acids is 3. The number of ether oxygens (including phenoxy) is 1. The van der Waals surface area contributed by atoms with Gasteiger partial charge in [-0.1, -0.05) is 25.0 Å². The SMILES string of the molecule is CCOc1ccc([C@@H](C(=O)NC2CCCC2)N(Cc2ccco2)C(=O)CNC(=O)c2ccco2)cc1. The van der Waals surface area contributed by atoms with Crippen LogP contribution in [0, 0.1) is 0 Å². The molecular formula is C27H31N3O6. The number of carbonyl (C=O) groups is 3. The molecule has 3 amide bonds. The maximum Gasteiger partial charge on any atom is 0.287 e. The first-order chi connectivity index (χ1) is 17.5. The normalized spacial score (nSPS) is 14.2. The van der Waals surface area contributed by atoms with Gasteiger partial charge in [-0.15, -0.1) is 0 Å². The zero-order valence-corrected chi connectivity index (χ0v) is 20.3. The van der Waals surface area contributed by atoms with E-state index in [4.69, 9.17) is 13.6 Å². The van der Waals surface area contributed by atoms with Crippen LogP contribution in [-0.2, 0) is 16.1 Å². The molecule has 2 aromatic heterocycles. The number of benzene rings is 1. The van der Waals surface area contributed by atoms with Gasteiger partial charge in [0.05, 0.1) is 32.2 Å². The molecule has 0 aliphatic heterocycles. The Balaban J connectivity index is 1.61. The van der Waals surface area contributed by atoms with Crippen LogP contribution in [0.4, 0.5) is 0 Å². The minimum absolute atomic E-state index is 0.0540. The van der Waals surface area contributed by atoms with Crippen molar-refractivity contribution in [1.82, 2.24) is 15.5 Å². The molecule has 2 heterocycles. The summed E-state index contributed by atoms with van der Waals surface area (Å²) in [5.74, 6) is 0.0629. The van der Waals surface area contributed by atoms with Gasteiger partial charge in [-0.05, 0) is 61.7 Å². The lowest BCUT2D eigenvalue weighted by atomic mass is 10.0. The second-order valence-electron chi connectivity index (χ2n) is 8.66. The highest BCUT2D eigenvalue weighted by atomic mass is 16.5. The fraction of sp³-hybridized carbons (Fsp3) is 0.370. The van der Waals surface area contributed by atoms with Crippen LogP contribution < -0.4 is 15.4 Å². The molecule has 1 aliphatic rings. The number of amides is 3. The number of nitrogens with zero attached hydrogens (tertiary/aromatic N) is 1. The molecular weight excluding hydrogens is 462 g/mol. The standard InChI is InChI=1S/C27H31N3O6/c1-2-34-21-13-11-19(12-14-21)25(27(33)29-20-7-3-4-8-20)30(18-22-9-5-15-35-22)24(31)17-28-26(32)23-10-6-16-36-23/h5-6,9-16,20,25H,2-4,7-8,17-18H2,1H3,(H,28,32)(H,29,33)/t25-/m0/s1. The predicted octanol–water partition coefficient (Wildman–Crippen LogP) is 3.83. The van der Waals surface area contributed by atoms with Crippen molar-refractivity contribution in [2.75, 3.05) is 13.2 Å². The predicted molar refractivity (Wildman–Crippen MR) is 131 cm³/mol. The summed E-state index contributed by atoms with van der Waals surface area (Å²) in [6, 6.07) is 12.8. The average Bonchev–Trinajstić information content (AvgIpc) is 3.67. The molecule has 9 nitrogen and oxygen atoms in total. The van der Waals surface area contributed by atoms with Crippen molar-refractivity contribution in [2.24, 2.45) is 0 Å². The molecule has 1 fully saturated rings. The van der Waals surface area contributed by atoms with Gasteiger partial charge in [0.25, 0.3) is 5.91 Å². The molecule has 0 spiro atoms. The molecule has 0 bridgehead atoms. The molecule has 1 atom stereocenters. The zero-order valence-electron chi connectivity index (χ0n) is 20.3. The first-order valence-corrected chi connectivity index (χ1v) is 12.2. The second kappa shape index (κ2) is 12.1. The molecule has 3 aromatic rings. The van der Waals surface area contributed by atoms with E-state index in [1.807, 2.05) is 6.92 Å². The molecule has 4 rings (SSSR count). The highest BCUT2D eigenvalue weighted by Crippen LogP contribution is 2.27. The topological polar surface area (TPSA) is 114 Å². The Morgan fingerprint density at radius 2 is 1.75 bits per heavy atom. The molecule has 2 N–H and O–H groups in total. The monoisotopic (exact) mass is 493 g/mol. The van der Waals surface area contributed by atoms with Crippen LogP contribution in [0.1, 0.15) is 60.5 Å². The van der Waals surface area contributed by atoms with Gasteiger partial charge in [-0.25, -0.2) is 0 Å². The van der Waals surface area contributed by atoms with Gasteiger partial charge in [0.1, 0.15) is 17.6 Å². The summed E-state index contributed by atoms with van der Waals surface area (Å²) in [5, 5.41) is 5.71. The van der Waals surface area contributed by atoms with E-state index in [-0.39, 0.29) is 30.8 Å². The van der Waals surface area contributed by atoms with Gasteiger partial charge in [0.2, 0.25) is 11.8 Å². The molecule has 190 valence electrons. The van der Waals surface area contributed by atoms with Crippen molar-refractivity contribution in [3.8, 4) is 5.75 Å². The third-order valence-corrected chi connectivity index (χ3v) is 6.14. The Labute approximate surface area is 209 Å². The van der Waals surface area contributed by atoms with Gasteiger partial charge in [0, 0.05) is 6.04 Å². The highest BCUT2D eigenvalue weighted by Gasteiger charge is 2.34. The van der Waals surface area contributed by atoms with E-state index >= 15 is 0 Å². The number of nitrogens with one attached hydrogen (secondary N) is 2. The minimum Gasteiger partial charge on any atom is -0.494 e. The molecule has 36 heavy (non-hydrogen) atoms. The lowest BCUT2D eigenvalue weighted by Gasteiger charge is -2.32. The average molecular weight is 494 g/mol. The molecule has 1 aromatic carbocycles. The third-order valence-electron chi connectivity index (χ3n) is 6.14. The van der Waals surface area contributed by atoms with E-state index in [0.29, 0.717) is 23.7 Å². The zero-order chi connectivity index (χ0) is 25.3. The smallest absolute Gasteiger partial charge is 0.287 e. The van der Waals surface area contributed by atoms with Crippen LogP contribution >= 0.6 is 0 Å². The van der Waals surface area contributed by atoms with Gasteiger partial charge >= 0.3 is 0 Å². The van der Waals surface area contributed by atoms with Crippen LogP contribution in [0.5, 0.6) is 5.75 Å². The Morgan fingerprint density at radius 3 is 2.39 bits per heavy atom. The lowest BCUT2D eigenvalue weighted by Crippen LogP contribution is -2.48. The summed E-state index contributed by atoms with van der Waals surface area (Å²) in [6.45, 7) is 2.15. The maximum atomic E-state index is 13.6. The van der Waals surface area contributed by atoms with Crippen LogP contribution in [0.2, 0.25) is 0 Å². The summed E-state index contributed by atoms with van der Waals surface area (Å²) >= 11 is 0. The minimum atomic E-state index is -0.931. The summed E-state index contributed by atoms with van der Waals surface area (Å²) in [7, 11) is 0. The van der Waals surface area contributed by atoms with E-state index in [0.717, 1.165) is 25.7 Å². The quantitative estimate of drug-likeness (QED) is 0.420. The lowest BCUT2D eigenvalue weighted by molar-refractivity contribution is -0.141. The Bertz CT molecular complexity index is 1120. The summed E-state index contributed by atoms with van der Waals surface area (Å²) < 4.78 is 16.2. The summed E-state index contributed by atoms with van der Waals surface area (Å²) in [6.07, 6.45) is 6.84. The van der Waals surface area contributed by atoms with E-state index in [9.17, 15) is 14.4 Å². The van der Waals surface area contributed by atoms with Gasteiger partial charge < -0.3 is 29.1 Å². The van der Waals surface area contributed by atoms with Crippen molar-refractivity contribution in [2.45, 2.75) is 51.2 Å². The van der Waals surface area contributed by atoms with E-state index in [1.54, 1.807) is 42.5 Å². The van der Waals surface area contributed by atoms with Crippen LogP contribution in [0.15, 0.2) is 69.9 Å². The van der Waals surface area contributed by atoms with Crippen molar-refractivity contribution in [3.63, 3.8) is 0 Å². The molecule has 0 unspecified atom stereocenters. The van der Waals surface area contributed by atoms with Gasteiger partial charge in [-0.3, -0.25) is 14.4 Å².